The maximum atomic E-state index is 12.9. The Bertz CT molecular complexity index is 866. The molecule has 2 rings (SSSR count). The normalized spacial score (nSPS) is 33.3. The van der Waals surface area contributed by atoms with E-state index in [0.29, 0.717) is 6.42 Å². The van der Waals surface area contributed by atoms with Gasteiger partial charge < -0.3 is 18.9 Å². The molecule has 2 fully saturated rings. The van der Waals surface area contributed by atoms with Crippen molar-refractivity contribution in [2.75, 3.05) is 6.61 Å². The SMILES string of the molecule is C=C(C)C(=O)OC1(CC)COC(=O)C1(C)CCC1OC(=O)C(C)(C)C1(C)OC(=O)C(C)(C)C. The van der Waals surface area contributed by atoms with Gasteiger partial charge in [-0.1, -0.05) is 13.5 Å². The topological polar surface area (TPSA) is 105 Å². The average Bonchev–Trinajstić information content (AvgIpc) is 3.03. The van der Waals surface area contributed by atoms with Crippen LogP contribution in [0.25, 0.3) is 0 Å². The summed E-state index contributed by atoms with van der Waals surface area (Å²) in [6.45, 7) is 18.9. The highest BCUT2D eigenvalue weighted by molar-refractivity contribution is 5.89. The molecule has 4 unspecified atom stereocenters. The second-order valence-electron chi connectivity index (χ2n) is 11.2. The van der Waals surface area contributed by atoms with E-state index >= 15 is 0 Å². The first-order chi connectivity index (χ1) is 14.9. The van der Waals surface area contributed by atoms with E-state index in [1.807, 2.05) is 6.92 Å². The van der Waals surface area contributed by atoms with Gasteiger partial charge in [0.1, 0.15) is 23.5 Å². The third-order valence-electron chi connectivity index (χ3n) is 7.54. The van der Waals surface area contributed by atoms with E-state index in [4.69, 9.17) is 18.9 Å². The second-order valence-corrected chi connectivity index (χ2v) is 11.2. The second kappa shape index (κ2) is 8.44. The Labute approximate surface area is 196 Å². The Morgan fingerprint density at radius 1 is 1.09 bits per heavy atom. The van der Waals surface area contributed by atoms with Crippen molar-refractivity contribution >= 4 is 23.9 Å². The fourth-order valence-corrected chi connectivity index (χ4v) is 4.27. The molecule has 2 aliphatic rings. The lowest BCUT2D eigenvalue weighted by Crippen LogP contribution is -2.53. The molecule has 0 amide bonds. The molecule has 33 heavy (non-hydrogen) atoms. The van der Waals surface area contributed by atoms with Crippen LogP contribution < -0.4 is 0 Å². The molecular weight excluding hydrogens is 428 g/mol. The number of cyclic esters (lactones) is 2. The van der Waals surface area contributed by atoms with Gasteiger partial charge in [0, 0.05) is 5.57 Å². The molecule has 0 aromatic carbocycles. The highest BCUT2D eigenvalue weighted by Crippen LogP contribution is 2.52. The van der Waals surface area contributed by atoms with Crippen LogP contribution in [-0.4, -0.2) is 47.8 Å². The Morgan fingerprint density at radius 3 is 2.15 bits per heavy atom. The molecule has 0 saturated carbocycles. The highest BCUT2D eigenvalue weighted by Gasteiger charge is 2.66. The van der Waals surface area contributed by atoms with Gasteiger partial charge in [-0.25, -0.2) is 4.79 Å². The van der Waals surface area contributed by atoms with E-state index in [-0.39, 0.29) is 25.0 Å². The predicted molar refractivity (Wildman–Crippen MR) is 120 cm³/mol. The van der Waals surface area contributed by atoms with Crippen LogP contribution in [0.15, 0.2) is 12.2 Å². The molecule has 0 radical (unpaired) electrons. The number of rotatable bonds is 7. The summed E-state index contributed by atoms with van der Waals surface area (Å²) in [6.07, 6.45) is -0.0376. The molecule has 8 heteroatoms. The van der Waals surface area contributed by atoms with E-state index in [0.717, 1.165) is 0 Å². The maximum absolute atomic E-state index is 12.9. The van der Waals surface area contributed by atoms with E-state index in [1.165, 1.54) is 6.92 Å². The van der Waals surface area contributed by atoms with Crippen LogP contribution in [0.1, 0.15) is 81.6 Å². The summed E-state index contributed by atoms with van der Waals surface area (Å²) in [6, 6.07) is 0. The number of hydrogen-bond acceptors (Lipinski definition) is 8. The molecule has 0 N–H and O–H groups in total. The molecule has 4 atom stereocenters. The lowest BCUT2D eigenvalue weighted by molar-refractivity contribution is -0.185. The minimum atomic E-state index is -1.25. The zero-order valence-corrected chi connectivity index (χ0v) is 21.4. The van der Waals surface area contributed by atoms with Crippen LogP contribution in [0.3, 0.4) is 0 Å². The van der Waals surface area contributed by atoms with Gasteiger partial charge in [-0.15, -0.1) is 0 Å². The van der Waals surface area contributed by atoms with Crippen LogP contribution in [0.5, 0.6) is 0 Å². The van der Waals surface area contributed by atoms with Crippen LogP contribution in [-0.2, 0) is 38.1 Å². The summed E-state index contributed by atoms with van der Waals surface area (Å²) in [5, 5.41) is 0. The van der Waals surface area contributed by atoms with Crippen molar-refractivity contribution in [2.45, 2.75) is 98.9 Å². The predicted octanol–water partition coefficient (Wildman–Crippen LogP) is 3.90. The molecule has 8 nitrogen and oxygen atoms in total. The summed E-state index contributed by atoms with van der Waals surface area (Å²) < 4.78 is 22.7. The van der Waals surface area contributed by atoms with Crippen molar-refractivity contribution in [3.8, 4) is 0 Å². The Hall–Kier alpha value is -2.38. The molecule has 0 aromatic heterocycles. The molecule has 2 saturated heterocycles. The first-order valence-corrected chi connectivity index (χ1v) is 11.4. The molecule has 0 aliphatic carbocycles. The van der Waals surface area contributed by atoms with Crippen molar-refractivity contribution in [3.05, 3.63) is 12.2 Å². The van der Waals surface area contributed by atoms with Gasteiger partial charge in [-0.3, -0.25) is 14.4 Å². The van der Waals surface area contributed by atoms with Gasteiger partial charge in [0.05, 0.1) is 5.41 Å². The Kier molecular flexibility index (Phi) is 6.87. The number of esters is 4. The van der Waals surface area contributed by atoms with Crippen LogP contribution >= 0.6 is 0 Å². The molecule has 2 heterocycles. The third-order valence-corrected chi connectivity index (χ3v) is 7.54. The average molecular weight is 467 g/mol. The quantitative estimate of drug-likeness (QED) is 0.316. The number of carbonyl (C=O) groups excluding carboxylic acids is 4. The van der Waals surface area contributed by atoms with E-state index in [2.05, 4.69) is 6.58 Å². The van der Waals surface area contributed by atoms with Crippen LogP contribution in [0.2, 0.25) is 0 Å². The summed E-state index contributed by atoms with van der Waals surface area (Å²) in [5.74, 6) is -2.02. The first-order valence-electron chi connectivity index (χ1n) is 11.4. The number of carbonyl (C=O) groups is 4. The lowest BCUT2D eigenvalue weighted by atomic mass is 9.68. The summed E-state index contributed by atoms with van der Waals surface area (Å²) in [5.41, 5.74) is -5.26. The minimum Gasteiger partial charge on any atom is -0.461 e. The van der Waals surface area contributed by atoms with Gasteiger partial charge in [0.15, 0.2) is 11.2 Å². The molecular formula is C25H38O8. The van der Waals surface area contributed by atoms with E-state index in [1.54, 1.807) is 48.5 Å². The monoisotopic (exact) mass is 466 g/mol. The van der Waals surface area contributed by atoms with Crippen LogP contribution in [0, 0.1) is 16.2 Å². The number of hydrogen-bond donors (Lipinski definition) is 0. The van der Waals surface area contributed by atoms with Gasteiger partial charge >= 0.3 is 23.9 Å². The molecule has 0 spiro atoms. The fourth-order valence-electron chi connectivity index (χ4n) is 4.27. The van der Waals surface area contributed by atoms with Gasteiger partial charge in [-0.2, -0.15) is 0 Å². The summed E-state index contributed by atoms with van der Waals surface area (Å²) >= 11 is 0. The Balaban J connectivity index is 2.36. The van der Waals surface area contributed by atoms with Crippen molar-refractivity contribution in [2.24, 2.45) is 16.2 Å². The summed E-state index contributed by atoms with van der Waals surface area (Å²) in [7, 11) is 0. The largest absolute Gasteiger partial charge is 0.461 e. The molecule has 0 aromatic rings. The smallest absolute Gasteiger partial charge is 0.333 e. The first kappa shape index (κ1) is 26.9. The van der Waals surface area contributed by atoms with Crippen molar-refractivity contribution < 1.29 is 38.1 Å². The van der Waals surface area contributed by atoms with Gasteiger partial charge in [0.25, 0.3) is 0 Å². The third kappa shape index (κ3) is 4.28. The number of ether oxygens (including phenoxy) is 4. The van der Waals surface area contributed by atoms with E-state index in [9.17, 15) is 19.2 Å². The van der Waals surface area contributed by atoms with E-state index < -0.39 is 57.4 Å². The standard InChI is InChI=1S/C25H38O8/c1-11-25(32-17(26)15(2)3)14-30-20(29)23(25,9)13-12-16-24(10,22(7,8)19(28)31-16)33-18(27)21(4,5)6/h16H,2,11-14H2,1,3-10H3. The summed E-state index contributed by atoms with van der Waals surface area (Å²) in [4.78, 5) is 50.7. The molecule has 186 valence electrons. The molecule has 2 aliphatic heterocycles. The van der Waals surface area contributed by atoms with Crippen LogP contribution in [0.4, 0.5) is 0 Å². The Morgan fingerprint density at radius 2 is 1.67 bits per heavy atom. The highest BCUT2D eigenvalue weighted by atomic mass is 16.6. The van der Waals surface area contributed by atoms with Crippen molar-refractivity contribution in [1.82, 2.24) is 0 Å². The zero-order valence-electron chi connectivity index (χ0n) is 21.4. The van der Waals surface area contributed by atoms with Gasteiger partial charge in [0.2, 0.25) is 0 Å². The fraction of sp³-hybridized carbons (Fsp3) is 0.760. The maximum Gasteiger partial charge on any atom is 0.333 e. The lowest BCUT2D eigenvalue weighted by Gasteiger charge is -2.41. The van der Waals surface area contributed by atoms with Crippen molar-refractivity contribution in [3.63, 3.8) is 0 Å². The minimum absolute atomic E-state index is 0.0654. The zero-order chi connectivity index (χ0) is 25.6. The van der Waals surface area contributed by atoms with Gasteiger partial charge in [-0.05, 0) is 74.7 Å². The van der Waals surface area contributed by atoms with Crippen molar-refractivity contribution in [1.29, 1.82) is 0 Å². The molecule has 0 bridgehead atoms.